The minimum atomic E-state index is -0.587. The lowest BCUT2D eigenvalue weighted by Gasteiger charge is -2.22. The molecule has 0 radical (unpaired) electrons. The fourth-order valence-electron chi connectivity index (χ4n) is 5.76. The Bertz CT molecular complexity index is 1790. The maximum atomic E-state index is 13.9. The summed E-state index contributed by atoms with van der Waals surface area (Å²) in [5.41, 5.74) is 4.77. The molecule has 1 saturated heterocycles. The zero-order valence-corrected chi connectivity index (χ0v) is 25.9. The lowest BCUT2D eigenvalue weighted by atomic mass is 9.99. The molecular formula is C36H35N3O7. The summed E-state index contributed by atoms with van der Waals surface area (Å²) in [7, 11) is 3.02. The third-order valence-electron chi connectivity index (χ3n) is 8.22. The number of aryl methyl sites for hydroxylation is 1. The lowest BCUT2D eigenvalue weighted by molar-refractivity contribution is -0.123. The van der Waals surface area contributed by atoms with Crippen LogP contribution in [0.25, 0.3) is 11.1 Å². The van der Waals surface area contributed by atoms with Gasteiger partial charge in [-0.2, -0.15) is 0 Å². The molecule has 3 amide bonds. The molecule has 10 heteroatoms. The molecule has 2 N–H and O–H groups in total. The van der Waals surface area contributed by atoms with Gasteiger partial charge in [0.25, 0.3) is 17.7 Å². The molecule has 3 aliphatic heterocycles. The second-order valence-corrected chi connectivity index (χ2v) is 11.3. The maximum Gasteiger partial charge on any atom is 0.258 e. The number of likely N-dealkylation sites (tertiary alicyclic amines) is 1. The molecule has 236 valence electrons. The summed E-state index contributed by atoms with van der Waals surface area (Å²) >= 11 is 0. The van der Waals surface area contributed by atoms with Crippen molar-refractivity contribution in [3.05, 3.63) is 107 Å². The van der Waals surface area contributed by atoms with E-state index in [1.165, 1.54) is 20.3 Å². The van der Waals surface area contributed by atoms with E-state index in [2.05, 4.69) is 10.6 Å². The van der Waals surface area contributed by atoms with Gasteiger partial charge in [0.2, 0.25) is 0 Å². The highest BCUT2D eigenvalue weighted by molar-refractivity contribution is 5.97. The number of amides is 3. The van der Waals surface area contributed by atoms with E-state index in [0.717, 1.165) is 22.3 Å². The predicted octanol–water partition coefficient (Wildman–Crippen LogP) is 4.39. The van der Waals surface area contributed by atoms with Crippen molar-refractivity contribution in [2.75, 3.05) is 33.9 Å². The van der Waals surface area contributed by atoms with Crippen LogP contribution in [0.1, 0.15) is 31.8 Å². The van der Waals surface area contributed by atoms with E-state index < -0.39 is 18.1 Å². The lowest BCUT2D eigenvalue weighted by Crippen LogP contribution is -2.45. The molecule has 7 rings (SSSR count). The van der Waals surface area contributed by atoms with Gasteiger partial charge in [0.05, 0.1) is 26.8 Å². The number of rotatable bonds is 4. The summed E-state index contributed by atoms with van der Waals surface area (Å²) < 4.78 is 23.2. The van der Waals surface area contributed by atoms with Crippen LogP contribution in [0.15, 0.2) is 84.9 Å². The highest BCUT2D eigenvalue weighted by atomic mass is 16.5. The average molecular weight is 622 g/mol. The van der Waals surface area contributed by atoms with E-state index >= 15 is 0 Å². The number of fused-ring (bicyclic) bond motifs is 7. The number of methoxy groups -OCH3 is 2. The van der Waals surface area contributed by atoms with Gasteiger partial charge in [-0.15, -0.1) is 0 Å². The number of hydrogen-bond acceptors (Lipinski definition) is 7. The van der Waals surface area contributed by atoms with Crippen molar-refractivity contribution in [1.82, 2.24) is 15.5 Å². The summed E-state index contributed by atoms with van der Waals surface area (Å²) in [6.45, 7) is 2.47. The van der Waals surface area contributed by atoms with Crippen molar-refractivity contribution in [3.63, 3.8) is 0 Å². The molecule has 46 heavy (non-hydrogen) atoms. The molecule has 10 nitrogen and oxygen atoms in total. The van der Waals surface area contributed by atoms with E-state index in [1.54, 1.807) is 35.2 Å². The third-order valence-corrected chi connectivity index (χ3v) is 8.22. The van der Waals surface area contributed by atoms with Crippen LogP contribution in [-0.4, -0.2) is 68.7 Å². The number of carbonyl (C=O) groups is 3. The highest BCUT2D eigenvalue weighted by Crippen LogP contribution is 2.32. The van der Waals surface area contributed by atoms with Gasteiger partial charge in [-0.1, -0.05) is 42.5 Å². The van der Waals surface area contributed by atoms with Crippen molar-refractivity contribution in [1.29, 1.82) is 0 Å². The van der Waals surface area contributed by atoms with Gasteiger partial charge in [0.1, 0.15) is 6.10 Å². The number of nitrogens with one attached hydrogen (secondary N) is 2. The summed E-state index contributed by atoms with van der Waals surface area (Å²) in [6, 6.07) is 25.2. The van der Waals surface area contributed by atoms with Crippen LogP contribution in [0.3, 0.4) is 0 Å². The quantitative estimate of drug-likeness (QED) is 0.347. The normalized spacial score (nSPS) is 17.9. The third kappa shape index (κ3) is 6.46. The Labute approximate surface area is 267 Å². The van der Waals surface area contributed by atoms with Crippen molar-refractivity contribution in [2.45, 2.75) is 25.6 Å². The Morgan fingerprint density at radius 2 is 1.67 bits per heavy atom. The fraction of sp³-hybridized carbons (Fsp3) is 0.250. The topological polar surface area (TPSA) is 115 Å². The second-order valence-electron chi connectivity index (χ2n) is 11.3. The molecule has 0 saturated carbocycles. The SMILES string of the molecule is COc1ccc2cc1OCC(=O)NCc1ccc(c(OC)c1)O[C@H]1CN(C(=O)c3cccc(-c4ccccc4C)c3)C[C@@H]1NC2=O. The average Bonchev–Trinajstić information content (AvgIpc) is 3.47. The van der Waals surface area contributed by atoms with Gasteiger partial charge in [0, 0.05) is 24.2 Å². The van der Waals surface area contributed by atoms with E-state index in [-0.39, 0.29) is 43.8 Å². The Morgan fingerprint density at radius 3 is 2.48 bits per heavy atom. The number of carbonyl (C=O) groups excluding carboxylic acids is 3. The number of hydrogen-bond donors (Lipinski definition) is 2. The molecule has 3 aliphatic rings. The maximum absolute atomic E-state index is 13.9. The first-order valence-corrected chi connectivity index (χ1v) is 15.0. The van der Waals surface area contributed by atoms with Crippen molar-refractivity contribution < 1.29 is 33.3 Å². The minimum Gasteiger partial charge on any atom is -0.493 e. The van der Waals surface area contributed by atoms with E-state index in [1.807, 2.05) is 55.5 Å². The smallest absolute Gasteiger partial charge is 0.258 e. The Morgan fingerprint density at radius 1 is 0.848 bits per heavy atom. The molecule has 0 aliphatic carbocycles. The molecule has 1 fully saturated rings. The monoisotopic (exact) mass is 621 g/mol. The van der Waals surface area contributed by atoms with Crippen LogP contribution in [0.5, 0.6) is 23.0 Å². The van der Waals surface area contributed by atoms with Crippen molar-refractivity contribution in [3.8, 4) is 34.1 Å². The molecule has 4 bridgehead atoms. The van der Waals surface area contributed by atoms with Crippen molar-refractivity contribution in [2.24, 2.45) is 0 Å². The predicted molar refractivity (Wildman–Crippen MR) is 172 cm³/mol. The molecule has 2 atom stereocenters. The summed E-state index contributed by atoms with van der Waals surface area (Å²) in [5, 5.41) is 5.89. The van der Waals surface area contributed by atoms with E-state index in [0.29, 0.717) is 28.4 Å². The standard InChI is InChI=1S/C36H35N3O7/c1-22-7-4-5-10-27(22)24-8-6-9-26(16-24)36(42)39-19-28-33(20-39)46-30-13-11-23(15-31(30)44-3)18-37-34(40)21-45-32-17-25(35(41)38-28)12-14-29(32)43-2/h4-17,28,33H,18-21H2,1-3H3,(H,37,40)(H,38,41)/t28-,33-/m0/s1. The first kappa shape index (κ1) is 30.5. The van der Waals surface area contributed by atoms with Gasteiger partial charge in [-0.25, -0.2) is 0 Å². The van der Waals surface area contributed by atoms with Gasteiger partial charge < -0.3 is 34.5 Å². The molecule has 0 unspecified atom stereocenters. The summed E-state index contributed by atoms with van der Waals surface area (Å²) in [4.78, 5) is 41.7. The van der Waals surface area contributed by atoms with Gasteiger partial charge in [-0.05, 0) is 71.6 Å². The first-order chi connectivity index (χ1) is 22.3. The van der Waals surface area contributed by atoms with Crippen LogP contribution >= 0.6 is 0 Å². The fourth-order valence-corrected chi connectivity index (χ4v) is 5.76. The van der Waals surface area contributed by atoms with E-state index in [9.17, 15) is 14.4 Å². The van der Waals surface area contributed by atoms with Crippen LogP contribution in [-0.2, 0) is 11.3 Å². The summed E-state index contributed by atoms with van der Waals surface area (Å²) in [5.74, 6) is 0.656. The first-order valence-electron chi connectivity index (χ1n) is 15.0. The zero-order chi connectivity index (χ0) is 32.2. The van der Waals surface area contributed by atoms with Crippen LogP contribution in [0.4, 0.5) is 0 Å². The number of ether oxygens (including phenoxy) is 4. The Kier molecular flexibility index (Phi) is 8.78. The van der Waals surface area contributed by atoms with Gasteiger partial charge in [-0.3, -0.25) is 14.4 Å². The van der Waals surface area contributed by atoms with Gasteiger partial charge >= 0.3 is 0 Å². The molecule has 3 heterocycles. The van der Waals surface area contributed by atoms with E-state index in [4.69, 9.17) is 18.9 Å². The van der Waals surface area contributed by atoms with Crippen LogP contribution in [0, 0.1) is 6.92 Å². The van der Waals surface area contributed by atoms with Gasteiger partial charge in [0.15, 0.2) is 29.6 Å². The number of benzene rings is 4. The van der Waals surface area contributed by atoms with Crippen molar-refractivity contribution >= 4 is 17.7 Å². The zero-order valence-electron chi connectivity index (χ0n) is 25.9. The molecule has 0 aromatic heterocycles. The molecular weight excluding hydrogens is 586 g/mol. The number of nitrogens with zero attached hydrogens (tertiary/aromatic N) is 1. The Balaban J connectivity index is 1.32. The molecule has 4 aromatic rings. The second kappa shape index (κ2) is 13.2. The molecule has 0 spiro atoms. The molecule has 4 aromatic carbocycles. The summed E-state index contributed by atoms with van der Waals surface area (Å²) in [6.07, 6.45) is -0.587. The Hall–Kier alpha value is -5.51. The highest BCUT2D eigenvalue weighted by Gasteiger charge is 2.39. The minimum absolute atomic E-state index is 0.166. The largest absolute Gasteiger partial charge is 0.493 e. The van der Waals surface area contributed by atoms with Crippen LogP contribution < -0.4 is 29.6 Å². The van der Waals surface area contributed by atoms with Crippen LogP contribution in [0.2, 0.25) is 0 Å².